The number of nitrogens with zero attached hydrogens (tertiary/aromatic N) is 3. The SMILES string of the molecule is O=C(O)c1cnnn1-c1cc(F)c(Br)cc1F. The Bertz CT molecular complexity index is 600. The van der Waals surface area contributed by atoms with Crippen LogP contribution in [0.4, 0.5) is 8.78 Å². The molecule has 17 heavy (non-hydrogen) atoms. The van der Waals surface area contributed by atoms with Crippen molar-refractivity contribution < 1.29 is 18.7 Å². The van der Waals surface area contributed by atoms with E-state index in [1.165, 1.54) is 0 Å². The van der Waals surface area contributed by atoms with Crippen LogP contribution in [0.15, 0.2) is 22.8 Å². The van der Waals surface area contributed by atoms with Crippen LogP contribution in [-0.2, 0) is 0 Å². The average molecular weight is 304 g/mol. The first-order valence-electron chi connectivity index (χ1n) is 4.29. The summed E-state index contributed by atoms with van der Waals surface area (Å²) in [7, 11) is 0. The molecular weight excluding hydrogens is 300 g/mol. The highest BCUT2D eigenvalue weighted by atomic mass is 79.9. The van der Waals surface area contributed by atoms with E-state index in [1.54, 1.807) is 0 Å². The highest BCUT2D eigenvalue weighted by molar-refractivity contribution is 9.10. The van der Waals surface area contributed by atoms with Gasteiger partial charge in [0.2, 0.25) is 0 Å². The fourth-order valence-electron chi connectivity index (χ4n) is 1.23. The lowest BCUT2D eigenvalue weighted by molar-refractivity contribution is 0.0687. The second-order valence-electron chi connectivity index (χ2n) is 3.05. The molecule has 0 fully saturated rings. The van der Waals surface area contributed by atoms with Gasteiger partial charge in [0, 0.05) is 6.07 Å². The first-order valence-corrected chi connectivity index (χ1v) is 5.09. The summed E-state index contributed by atoms with van der Waals surface area (Å²) in [4.78, 5) is 10.8. The Morgan fingerprint density at radius 3 is 2.71 bits per heavy atom. The molecule has 0 aliphatic heterocycles. The molecule has 2 rings (SSSR count). The van der Waals surface area contributed by atoms with Gasteiger partial charge < -0.3 is 5.11 Å². The molecule has 8 heteroatoms. The lowest BCUT2D eigenvalue weighted by Crippen LogP contribution is -2.10. The topological polar surface area (TPSA) is 68.0 Å². The molecule has 0 saturated heterocycles. The summed E-state index contributed by atoms with van der Waals surface area (Å²) >= 11 is 2.81. The Morgan fingerprint density at radius 1 is 1.35 bits per heavy atom. The molecule has 0 unspecified atom stereocenters. The van der Waals surface area contributed by atoms with Crippen LogP contribution in [0.1, 0.15) is 10.5 Å². The summed E-state index contributed by atoms with van der Waals surface area (Å²) in [5.74, 6) is -2.88. The van der Waals surface area contributed by atoms with E-state index in [4.69, 9.17) is 5.11 Å². The Kier molecular flexibility index (Phi) is 2.88. The number of aromatic carboxylic acids is 1. The van der Waals surface area contributed by atoms with E-state index in [1.807, 2.05) is 0 Å². The molecule has 88 valence electrons. The summed E-state index contributed by atoms with van der Waals surface area (Å²) in [6.07, 6.45) is 0.946. The van der Waals surface area contributed by atoms with Gasteiger partial charge >= 0.3 is 5.97 Å². The third kappa shape index (κ3) is 2.03. The van der Waals surface area contributed by atoms with Crippen molar-refractivity contribution in [2.75, 3.05) is 0 Å². The van der Waals surface area contributed by atoms with Gasteiger partial charge in [-0.15, -0.1) is 5.10 Å². The minimum Gasteiger partial charge on any atom is -0.476 e. The molecule has 0 aliphatic carbocycles. The smallest absolute Gasteiger partial charge is 0.356 e. The van der Waals surface area contributed by atoms with Gasteiger partial charge in [-0.2, -0.15) is 0 Å². The van der Waals surface area contributed by atoms with Gasteiger partial charge in [0.05, 0.1) is 10.7 Å². The molecule has 5 nitrogen and oxygen atoms in total. The zero-order chi connectivity index (χ0) is 12.6. The van der Waals surface area contributed by atoms with Gasteiger partial charge in [-0.3, -0.25) is 0 Å². The summed E-state index contributed by atoms with van der Waals surface area (Å²) in [5.41, 5.74) is -0.675. The zero-order valence-electron chi connectivity index (χ0n) is 8.06. The van der Waals surface area contributed by atoms with E-state index < -0.39 is 17.6 Å². The summed E-state index contributed by atoms with van der Waals surface area (Å²) in [6, 6.07) is 1.72. The van der Waals surface area contributed by atoms with Gasteiger partial charge in [0.1, 0.15) is 17.3 Å². The van der Waals surface area contributed by atoms with E-state index in [2.05, 4.69) is 26.2 Å². The molecule has 0 atom stereocenters. The van der Waals surface area contributed by atoms with Crippen molar-refractivity contribution in [3.8, 4) is 5.69 Å². The first-order chi connectivity index (χ1) is 8.00. The van der Waals surface area contributed by atoms with E-state index in [-0.39, 0.29) is 15.9 Å². The molecule has 2 aromatic rings. The minimum absolute atomic E-state index is 0.0595. The lowest BCUT2D eigenvalue weighted by Gasteiger charge is -2.05. The van der Waals surface area contributed by atoms with Crippen LogP contribution in [0.3, 0.4) is 0 Å². The number of halogens is 3. The Balaban J connectivity index is 2.64. The summed E-state index contributed by atoms with van der Waals surface area (Å²) < 4.78 is 27.5. The molecule has 0 amide bonds. The quantitative estimate of drug-likeness (QED) is 0.862. The Hall–Kier alpha value is -1.83. The van der Waals surface area contributed by atoms with Crippen molar-refractivity contribution in [1.29, 1.82) is 0 Å². The number of aromatic nitrogens is 3. The van der Waals surface area contributed by atoms with Gasteiger partial charge in [0.25, 0.3) is 0 Å². The second kappa shape index (κ2) is 4.21. The van der Waals surface area contributed by atoms with Crippen molar-refractivity contribution in [2.24, 2.45) is 0 Å². The number of benzene rings is 1. The van der Waals surface area contributed by atoms with Crippen LogP contribution in [0, 0.1) is 11.6 Å². The second-order valence-corrected chi connectivity index (χ2v) is 3.91. The first kappa shape index (κ1) is 11.6. The van der Waals surface area contributed by atoms with Gasteiger partial charge in [-0.1, -0.05) is 5.21 Å². The number of rotatable bonds is 2. The lowest BCUT2D eigenvalue weighted by atomic mass is 10.3. The van der Waals surface area contributed by atoms with E-state index >= 15 is 0 Å². The number of carboxylic acid groups (broad SMARTS) is 1. The molecule has 1 aromatic carbocycles. The molecule has 1 aromatic heterocycles. The van der Waals surface area contributed by atoms with Crippen LogP contribution in [-0.4, -0.2) is 26.1 Å². The van der Waals surface area contributed by atoms with Gasteiger partial charge in [-0.25, -0.2) is 18.3 Å². The molecule has 1 N–H and O–H groups in total. The third-order valence-electron chi connectivity index (χ3n) is 1.99. The molecular formula is C9H4BrF2N3O2. The van der Waals surface area contributed by atoms with Crippen LogP contribution in [0.2, 0.25) is 0 Å². The number of carboxylic acids is 1. The predicted molar refractivity (Wildman–Crippen MR) is 55.9 cm³/mol. The monoisotopic (exact) mass is 303 g/mol. The van der Waals surface area contributed by atoms with Crippen molar-refractivity contribution >= 4 is 21.9 Å². The zero-order valence-corrected chi connectivity index (χ0v) is 9.65. The highest BCUT2D eigenvalue weighted by Gasteiger charge is 2.17. The van der Waals surface area contributed by atoms with Crippen molar-refractivity contribution in [2.45, 2.75) is 0 Å². The summed E-state index contributed by atoms with van der Waals surface area (Å²) in [6.45, 7) is 0. The predicted octanol–water partition coefficient (Wildman–Crippen LogP) is 2.01. The number of hydrogen-bond donors (Lipinski definition) is 1. The van der Waals surface area contributed by atoms with Crippen LogP contribution < -0.4 is 0 Å². The van der Waals surface area contributed by atoms with E-state index in [9.17, 15) is 13.6 Å². The van der Waals surface area contributed by atoms with E-state index in [0.29, 0.717) is 4.68 Å². The standard InChI is InChI=1S/C9H4BrF2N3O2/c10-4-1-6(12)7(2-5(4)11)15-8(9(16)17)3-13-14-15/h1-3H,(H,16,17). The largest absolute Gasteiger partial charge is 0.476 e. The molecule has 0 radical (unpaired) electrons. The fourth-order valence-corrected chi connectivity index (χ4v) is 1.55. The molecule has 1 heterocycles. The van der Waals surface area contributed by atoms with Crippen molar-refractivity contribution in [3.05, 3.63) is 40.1 Å². The molecule has 0 spiro atoms. The maximum Gasteiger partial charge on any atom is 0.356 e. The average Bonchev–Trinajstić information content (AvgIpc) is 2.72. The Labute approximate surface area is 102 Å². The fraction of sp³-hybridized carbons (Fsp3) is 0. The minimum atomic E-state index is -1.34. The summed E-state index contributed by atoms with van der Waals surface area (Å²) in [5, 5.41) is 15.6. The van der Waals surface area contributed by atoms with Gasteiger partial charge in [0.15, 0.2) is 5.69 Å². The maximum atomic E-state index is 13.6. The Morgan fingerprint density at radius 2 is 2.06 bits per heavy atom. The van der Waals surface area contributed by atoms with Crippen LogP contribution in [0.5, 0.6) is 0 Å². The number of hydrogen-bond acceptors (Lipinski definition) is 3. The normalized spacial score (nSPS) is 10.5. The third-order valence-corrected chi connectivity index (χ3v) is 2.59. The van der Waals surface area contributed by atoms with Gasteiger partial charge in [-0.05, 0) is 22.0 Å². The molecule has 0 bridgehead atoms. The van der Waals surface area contributed by atoms with E-state index in [0.717, 1.165) is 18.3 Å². The molecule has 0 aliphatic rings. The van der Waals surface area contributed by atoms with Crippen molar-refractivity contribution in [1.82, 2.24) is 15.0 Å². The van der Waals surface area contributed by atoms with Crippen LogP contribution >= 0.6 is 15.9 Å². The van der Waals surface area contributed by atoms with Crippen molar-refractivity contribution in [3.63, 3.8) is 0 Å². The van der Waals surface area contributed by atoms with Crippen LogP contribution in [0.25, 0.3) is 5.69 Å². The molecule has 0 saturated carbocycles. The maximum absolute atomic E-state index is 13.6. The highest BCUT2D eigenvalue weighted by Crippen LogP contribution is 2.22. The number of carbonyl (C=O) groups is 1.